The van der Waals surface area contributed by atoms with Crippen LogP contribution in [0.1, 0.15) is 17.3 Å². The molecule has 1 N–H and O–H groups in total. The van der Waals surface area contributed by atoms with Crippen LogP contribution in [-0.4, -0.2) is 24.1 Å². The van der Waals surface area contributed by atoms with E-state index in [9.17, 15) is 4.79 Å². The Hall–Kier alpha value is -1.35. The van der Waals surface area contributed by atoms with Crippen LogP contribution in [-0.2, 0) is 0 Å². The summed E-state index contributed by atoms with van der Waals surface area (Å²) >= 11 is 0. The normalized spacial score (nSPS) is 9.69. The highest BCUT2D eigenvalue weighted by Gasteiger charge is 2.02. The van der Waals surface area contributed by atoms with Gasteiger partial charge in [0.05, 0.1) is 6.61 Å². The molecule has 0 aliphatic heterocycles. The Morgan fingerprint density at radius 2 is 2.00 bits per heavy atom. The van der Waals surface area contributed by atoms with Crippen molar-refractivity contribution in [3.63, 3.8) is 0 Å². The summed E-state index contributed by atoms with van der Waals surface area (Å²) in [6, 6.07) is 6.71. The number of carbonyl (C=O) groups is 1. The number of aliphatic hydroxyl groups excluding tert-OH is 1. The Bertz CT molecular complexity index is 277. The van der Waals surface area contributed by atoms with Gasteiger partial charge in [-0.15, -0.1) is 0 Å². The summed E-state index contributed by atoms with van der Waals surface area (Å²) in [6.07, 6.45) is 0. The van der Waals surface area contributed by atoms with Gasteiger partial charge in [-0.3, -0.25) is 4.79 Å². The van der Waals surface area contributed by atoms with Crippen LogP contribution in [0.5, 0.6) is 5.75 Å². The molecule has 1 aromatic carbocycles. The van der Waals surface area contributed by atoms with E-state index in [2.05, 4.69) is 0 Å². The van der Waals surface area contributed by atoms with Gasteiger partial charge < -0.3 is 9.84 Å². The van der Waals surface area contributed by atoms with Crippen molar-refractivity contribution in [3.05, 3.63) is 29.8 Å². The molecule has 0 saturated carbocycles. The highest BCUT2D eigenvalue weighted by Crippen LogP contribution is 2.12. The summed E-state index contributed by atoms with van der Waals surface area (Å²) < 4.78 is 5.20. The number of carbonyl (C=O) groups excluding carboxylic acids is 1. The SMILES string of the molecule is CCOc1ccc(C(=O)CO)cc1. The Morgan fingerprint density at radius 3 is 2.46 bits per heavy atom. The van der Waals surface area contributed by atoms with Gasteiger partial charge in [0.25, 0.3) is 0 Å². The van der Waals surface area contributed by atoms with Crippen LogP contribution in [0.2, 0.25) is 0 Å². The van der Waals surface area contributed by atoms with Crippen LogP contribution in [0.25, 0.3) is 0 Å². The second-order valence-electron chi connectivity index (χ2n) is 2.54. The number of ketones is 1. The van der Waals surface area contributed by atoms with E-state index in [1.807, 2.05) is 6.92 Å². The Kier molecular flexibility index (Phi) is 3.46. The largest absolute Gasteiger partial charge is 0.494 e. The molecule has 0 fully saturated rings. The van der Waals surface area contributed by atoms with Crippen molar-refractivity contribution < 1.29 is 14.6 Å². The first kappa shape index (κ1) is 9.74. The highest BCUT2D eigenvalue weighted by molar-refractivity contribution is 5.96. The van der Waals surface area contributed by atoms with Gasteiger partial charge in [0.2, 0.25) is 0 Å². The number of ether oxygens (including phenoxy) is 1. The second-order valence-corrected chi connectivity index (χ2v) is 2.54. The number of aliphatic hydroxyl groups is 1. The lowest BCUT2D eigenvalue weighted by Crippen LogP contribution is -2.03. The Balaban J connectivity index is 2.75. The van der Waals surface area contributed by atoms with Gasteiger partial charge in [-0.05, 0) is 31.2 Å². The summed E-state index contributed by atoms with van der Waals surface area (Å²) in [6.45, 7) is 2.05. The smallest absolute Gasteiger partial charge is 0.188 e. The van der Waals surface area contributed by atoms with Crippen molar-refractivity contribution in [3.8, 4) is 5.75 Å². The summed E-state index contributed by atoms with van der Waals surface area (Å²) in [5.41, 5.74) is 0.506. The van der Waals surface area contributed by atoms with E-state index in [1.54, 1.807) is 24.3 Å². The van der Waals surface area contributed by atoms with Crippen LogP contribution in [0.3, 0.4) is 0 Å². The number of Topliss-reactive ketones (excluding diaryl/α,β-unsaturated/α-hetero) is 1. The maximum absolute atomic E-state index is 11.0. The predicted octanol–water partition coefficient (Wildman–Crippen LogP) is 1.26. The van der Waals surface area contributed by atoms with E-state index in [4.69, 9.17) is 9.84 Å². The minimum absolute atomic E-state index is 0.275. The second kappa shape index (κ2) is 4.62. The van der Waals surface area contributed by atoms with Crippen molar-refractivity contribution in [2.75, 3.05) is 13.2 Å². The predicted molar refractivity (Wildman–Crippen MR) is 49.0 cm³/mol. The van der Waals surface area contributed by atoms with E-state index in [0.717, 1.165) is 5.75 Å². The van der Waals surface area contributed by atoms with Gasteiger partial charge in [-0.2, -0.15) is 0 Å². The molecule has 0 bridgehead atoms. The van der Waals surface area contributed by atoms with Crippen molar-refractivity contribution in [1.82, 2.24) is 0 Å². The molecule has 0 unspecified atom stereocenters. The number of hydrogen-bond acceptors (Lipinski definition) is 3. The highest BCUT2D eigenvalue weighted by atomic mass is 16.5. The third kappa shape index (κ3) is 2.56. The maximum atomic E-state index is 11.0. The molecule has 0 aliphatic rings. The Labute approximate surface area is 77.0 Å². The summed E-state index contributed by atoms with van der Waals surface area (Å²) in [5.74, 6) is 0.458. The molecule has 0 atom stereocenters. The van der Waals surface area contributed by atoms with E-state index < -0.39 is 6.61 Å². The van der Waals surface area contributed by atoms with E-state index in [-0.39, 0.29) is 5.78 Å². The lowest BCUT2D eigenvalue weighted by molar-refractivity contribution is 0.0903. The van der Waals surface area contributed by atoms with E-state index >= 15 is 0 Å². The quantitative estimate of drug-likeness (QED) is 0.709. The zero-order chi connectivity index (χ0) is 9.68. The zero-order valence-electron chi connectivity index (χ0n) is 7.49. The molecule has 3 nitrogen and oxygen atoms in total. The van der Waals surface area contributed by atoms with Crippen molar-refractivity contribution in [2.45, 2.75) is 6.92 Å². The maximum Gasteiger partial charge on any atom is 0.188 e. The molecule has 0 amide bonds. The van der Waals surface area contributed by atoms with Crippen LogP contribution in [0.15, 0.2) is 24.3 Å². The molecule has 0 heterocycles. The summed E-state index contributed by atoms with van der Waals surface area (Å²) in [5, 5.41) is 8.58. The van der Waals surface area contributed by atoms with E-state index in [1.165, 1.54) is 0 Å². The zero-order valence-corrected chi connectivity index (χ0v) is 7.49. The number of benzene rings is 1. The first-order chi connectivity index (χ1) is 6.27. The van der Waals surface area contributed by atoms with Crippen LogP contribution >= 0.6 is 0 Å². The summed E-state index contributed by atoms with van der Waals surface area (Å²) in [4.78, 5) is 11.0. The number of hydrogen-bond donors (Lipinski definition) is 1. The van der Waals surface area contributed by atoms with Gasteiger partial charge in [-0.1, -0.05) is 0 Å². The lowest BCUT2D eigenvalue weighted by atomic mass is 10.1. The minimum Gasteiger partial charge on any atom is -0.494 e. The van der Waals surface area contributed by atoms with Crippen molar-refractivity contribution in [2.24, 2.45) is 0 Å². The topological polar surface area (TPSA) is 46.5 Å². The van der Waals surface area contributed by atoms with E-state index in [0.29, 0.717) is 12.2 Å². The average molecular weight is 180 g/mol. The molecule has 13 heavy (non-hydrogen) atoms. The standard InChI is InChI=1S/C10H12O3/c1-2-13-9-5-3-8(4-6-9)10(12)7-11/h3-6,11H,2,7H2,1H3. The lowest BCUT2D eigenvalue weighted by Gasteiger charge is -2.02. The first-order valence-electron chi connectivity index (χ1n) is 4.15. The average Bonchev–Trinajstić information content (AvgIpc) is 2.18. The van der Waals surface area contributed by atoms with Crippen molar-refractivity contribution in [1.29, 1.82) is 0 Å². The van der Waals surface area contributed by atoms with Crippen LogP contribution in [0, 0.1) is 0 Å². The molecule has 0 aliphatic carbocycles. The van der Waals surface area contributed by atoms with Gasteiger partial charge >= 0.3 is 0 Å². The first-order valence-corrected chi connectivity index (χ1v) is 4.15. The molecule has 0 radical (unpaired) electrons. The Morgan fingerprint density at radius 1 is 1.38 bits per heavy atom. The number of rotatable bonds is 4. The van der Waals surface area contributed by atoms with Crippen LogP contribution < -0.4 is 4.74 Å². The molecule has 3 heteroatoms. The monoisotopic (exact) mass is 180 g/mol. The fourth-order valence-corrected chi connectivity index (χ4v) is 0.995. The van der Waals surface area contributed by atoms with Gasteiger partial charge in [-0.25, -0.2) is 0 Å². The molecule has 0 saturated heterocycles. The molecular weight excluding hydrogens is 168 g/mol. The van der Waals surface area contributed by atoms with Gasteiger partial charge in [0.15, 0.2) is 5.78 Å². The summed E-state index contributed by atoms with van der Waals surface area (Å²) in [7, 11) is 0. The molecule has 1 aromatic rings. The molecular formula is C10H12O3. The third-order valence-electron chi connectivity index (χ3n) is 1.63. The third-order valence-corrected chi connectivity index (χ3v) is 1.63. The fourth-order valence-electron chi connectivity index (χ4n) is 0.995. The molecule has 0 aromatic heterocycles. The van der Waals surface area contributed by atoms with Crippen molar-refractivity contribution >= 4 is 5.78 Å². The molecule has 70 valence electrons. The fraction of sp³-hybridized carbons (Fsp3) is 0.300. The molecule has 1 rings (SSSR count). The minimum atomic E-state index is -0.450. The molecule has 0 spiro atoms. The van der Waals surface area contributed by atoms with Gasteiger partial charge in [0, 0.05) is 5.56 Å². The van der Waals surface area contributed by atoms with Crippen LogP contribution in [0.4, 0.5) is 0 Å². The van der Waals surface area contributed by atoms with Gasteiger partial charge in [0.1, 0.15) is 12.4 Å².